The number of likely N-dealkylation sites (N-methyl/N-ethyl adjacent to an activating group) is 1. The number of aromatic nitrogens is 1. The first-order valence-corrected chi connectivity index (χ1v) is 6.93. The van der Waals surface area contributed by atoms with Crippen LogP contribution in [0.3, 0.4) is 0 Å². The van der Waals surface area contributed by atoms with Gasteiger partial charge in [0.1, 0.15) is 6.04 Å². The van der Waals surface area contributed by atoms with Crippen molar-refractivity contribution in [3.63, 3.8) is 0 Å². The molecule has 0 bridgehead atoms. The number of pyridine rings is 1. The molecule has 2 heterocycles. The molecule has 1 fully saturated rings. The first kappa shape index (κ1) is 14.0. The zero-order valence-corrected chi connectivity index (χ0v) is 11.4. The largest absolute Gasteiger partial charge is 0.355 e. The lowest BCUT2D eigenvalue weighted by molar-refractivity contribution is -0.126. The molecule has 1 aromatic rings. The third kappa shape index (κ3) is 4.01. The molecule has 5 nitrogen and oxygen atoms in total. The molecule has 19 heavy (non-hydrogen) atoms. The normalized spacial score (nSPS) is 20.2. The van der Waals surface area contributed by atoms with Gasteiger partial charge in [-0.15, -0.1) is 0 Å². The second kappa shape index (κ2) is 7.21. The van der Waals surface area contributed by atoms with E-state index < -0.39 is 0 Å². The Kier molecular flexibility index (Phi) is 5.30. The van der Waals surface area contributed by atoms with E-state index in [1.54, 1.807) is 0 Å². The molecule has 0 spiro atoms. The van der Waals surface area contributed by atoms with Gasteiger partial charge in [0.15, 0.2) is 0 Å². The van der Waals surface area contributed by atoms with Gasteiger partial charge in [-0.1, -0.05) is 6.07 Å². The Bertz CT molecular complexity index is 396. The van der Waals surface area contributed by atoms with Crippen molar-refractivity contribution in [1.29, 1.82) is 0 Å². The van der Waals surface area contributed by atoms with Crippen molar-refractivity contribution >= 4 is 5.91 Å². The lowest BCUT2D eigenvalue weighted by Crippen LogP contribution is -2.58. The van der Waals surface area contributed by atoms with E-state index in [9.17, 15) is 4.79 Å². The zero-order valence-electron chi connectivity index (χ0n) is 11.4. The van der Waals surface area contributed by atoms with Crippen molar-refractivity contribution in [3.8, 4) is 0 Å². The summed E-state index contributed by atoms with van der Waals surface area (Å²) in [4.78, 5) is 18.6. The molecule has 1 aliphatic heterocycles. The minimum atomic E-state index is -0.0580. The van der Waals surface area contributed by atoms with E-state index in [4.69, 9.17) is 0 Å². The SMILES string of the molecule is CCNC(=O)C1CNCCN1CCc1ccccn1. The Morgan fingerprint density at radius 2 is 2.47 bits per heavy atom. The summed E-state index contributed by atoms with van der Waals surface area (Å²) in [5.41, 5.74) is 1.08. The molecule has 2 rings (SSSR count). The topological polar surface area (TPSA) is 57.3 Å². The average Bonchev–Trinajstić information content (AvgIpc) is 2.47. The van der Waals surface area contributed by atoms with Gasteiger partial charge >= 0.3 is 0 Å². The van der Waals surface area contributed by atoms with Crippen molar-refractivity contribution in [2.75, 3.05) is 32.7 Å². The van der Waals surface area contributed by atoms with Crippen LogP contribution in [0.5, 0.6) is 0 Å². The fourth-order valence-corrected chi connectivity index (χ4v) is 2.37. The van der Waals surface area contributed by atoms with E-state index in [1.807, 2.05) is 31.3 Å². The van der Waals surface area contributed by atoms with Gasteiger partial charge in [0.2, 0.25) is 5.91 Å². The van der Waals surface area contributed by atoms with Crippen LogP contribution in [0.4, 0.5) is 0 Å². The number of rotatable bonds is 5. The van der Waals surface area contributed by atoms with Gasteiger partial charge < -0.3 is 10.6 Å². The first-order valence-electron chi connectivity index (χ1n) is 6.93. The molecule has 1 amide bonds. The standard InChI is InChI=1S/C14H22N4O/c1-2-16-14(19)13-11-15-8-10-18(13)9-6-12-5-3-4-7-17-12/h3-5,7,13,15H,2,6,8-11H2,1H3,(H,16,19). The van der Waals surface area contributed by atoms with Crippen molar-refractivity contribution in [3.05, 3.63) is 30.1 Å². The minimum Gasteiger partial charge on any atom is -0.355 e. The van der Waals surface area contributed by atoms with E-state index in [0.717, 1.165) is 38.3 Å². The van der Waals surface area contributed by atoms with Crippen molar-refractivity contribution in [2.45, 2.75) is 19.4 Å². The van der Waals surface area contributed by atoms with E-state index in [1.165, 1.54) is 0 Å². The predicted octanol–water partition coefficient (Wildman–Crippen LogP) is 0.0340. The maximum Gasteiger partial charge on any atom is 0.238 e. The molecule has 5 heteroatoms. The maximum absolute atomic E-state index is 12.0. The van der Waals surface area contributed by atoms with Crippen LogP contribution in [0.1, 0.15) is 12.6 Å². The number of amides is 1. The summed E-state index contributed by atoms with van der Waals surface area (Å²) in [6.07, 6.45) is 2.70. The summed E-state index contributed by atoms with van der Waals surface area (Å²) in [6, 6.07) is 5.90. The predicted molar refractivity (Wildman–Crippen MR) is 74.9 cm³/mol. The van der Waals surface area contributed by atoms with Crippen LogP contribution in [-0.2, 0) is 11.2 Å². The molecule has 0 aliphatic carbocycles. The number of carbonyl (C=O) groups is 1. The van der Waals surface area contributed by atoms with Gasteiger partial charge in [-0.2, -0.15) is 0 Å². The van der Waals surface area contributed by atoms with E-state index >= 15 is 0 Å². The molecule has 0 aromatic carbocycles. The second-order valence-corrected chi connectivity index (χ2v) is 4.72. The fraction of sp³-hybridized carbons (Fsp3) is 0.571. The average molecular weight is 262 g/mol. The fourth-order valence-electron chi connectivity index (χ4n) is 2.37. The highest BCUT2D eigenvalue weighted by Crippen LogP contribution is 2.06. The molecular weight excluding hydrogens is 240 g/mol. The molecule has 0 radical (unpaired) electrons. The highest BCUT2D eigenvalue weighted by molar-refractivity contribution is 5.82. The Morgan fingerprint density at radius 3 is 3.21 bits per heavy atom. The van der Waals surface area contributed by atoms with Crippen molar-refractivity contribution in [2.24, 2.45) is 0 Å². The molecule has 1 saturated heterocycles. The van der Waals surface area contributed by atoms with Crippen LogP contribution in [0.15, 0.2) is 24.4 Å². The lowest BCUT2D eigenvalue weighted by Gasteiger charge is -2.35. The van der Waals surface area contributed by atoms with E-state index in [0.29, 0.717) is 6.54 Å². The summed E-state index contributed by atoms with van der Waals surface area (Å²) in [5, 5.41) is 6.19. The number of carbonyl (C=O) groups excluding carboxylic acids is 1. The van der Waals surface area contributed by atoms with Crippen LogP contribution in [0.2, 0.25) is 0 Å². The van der Waals surface area contributed by atoms with Gasteiger partial charge in [0.05, 0.1) is 0 Å². The van der Waals surface area contributed by atoms with Crippen LogP contribution >= 0.6 is 0 Å². The molecule has 104 valence electrons. The van der Waals surface area contributed by atoms with Crippen molar-refractivity contribution in [1.82, 2.24) is 20.5 Å². The summed E-state index contributed by atoms with van der Waals surface area (Å²) in [5.74, 6) is 0.121. The quantitative estimate of drug-likeness (QED) is 0.786. The Morgan fingerprint density at radius 1 is 1.58 bits per heavy atom. The highest BCUT2D eigenvalue weighted by Gasteiger charge is 2.27. The Labute approximate surface area is 114 Å². The highest BCUT2D eigenvalue weighted by atomic mass is 16.2. The van der Waals surface area contributed by atoms with Gasteiger partial charge in [-0.25, -0.2) is 0 Å². The number of piperazine rings is 1. The molecule has 1 unspecified atom stereocenters. The van der Waals surface area contributed by atoms with Gasteiger partial charge in [-0.05, 0) is 19.1 Å². The zero-order chi connectivity index (χ0) is 13.5. The number of hydrogen-bond acceptors (Lipinski definition) is 4. The third-order valence-electron chi connectivity index (χ3n) is 3.39. The van der Waals surface area contributed by atoms with Crippen LogP contribution < -0.4 is 10.6 Å². The second-order valence-electron chi connectivity index (χ2n) is 4.72. The van der Waals surface area contributed by atoms with Crippen molar-refractivity contribution < 1.29 is 4.79 Å². The van der Waals surface area contributed by atoms with Crippen LogP contribution in [0, 0.1) is 0 Å². The summed E-state index contributed by atoms with van der Waals surface area (Å²) >= 11 is 0. The molecular formula is C14H22N4O. The van der Waals surface area contributed by atoms with Crippen LogP contribution in [-0.4, -0.2) is 54.6 Å². The van der Waals surface area contributed by atoms with E-state index in [2.05, 4.69) is 20.5 Å². The van der Waals surface area contributed by atoms with Gasteiger partial charge in [0, 0.05) is 51.0 Å². The maximum atomic E-state index is 12.0. The molecule has 1 atom stereocenters. The molecule has 1 aliphatic rings. The summed E-state index contributed by atoms with van der Waals surface area (Å²) < 4.78 is 0. The Hall–Kier alpha value is -1.46. The van der Waals surface area contributed by atoms with Crippen LogP contribution in [0.25, 0.3) is 0 Å². The summed E-state index contributed by atoms with van der Waals surface area (Å²) in [6.45, 7) is 6.09. The number of hydrogen-bond donors (Lipinski definition) is 2. The first-order chi connectivity index (χ1) is 9.31. The molecule has 0 saturated carbocycles. The number of nitrogens with one attached hydrogen (secondary N) is 2. The summed E-state index contributed by atoms with van der Waals surface area (Å²) in [7, 11) is 0. The van der Waals surface area contributed by atoms with Gasteiger partial charge in [-0.3, -0.25) is 14.7 Å². The lowest BCUT2D eigenvalue weighted by atomic mass is 10.1. The van der Waals surface area contributed by atoms with E-state index in [-0.39, 0.29) is 11.9 Å². The van der Waals surface area contributed by atoms with Gasteiger partial charge in [0.25, 0.3) is 0 Å². The number of nitrogens with zero attached hydrogens (tertiary/aromatic N) is 2. The third-order valence-corrected chi connectivity index (χ3v) is 3.39. The smallest absolute Gasteiger partial charge is 0.238 e. The minimum absolute atomic E-state index is 0.0580. The molecule has 1 aromatic heterocycles. The molecule has 2 N–H and O–H groups in total. The monoisotopic (exact) mass is 262 g/mol. The Balaban J connectivity index is 1.90.